The second-order valence-electron chi connectivity index (χ2n) is 5.39. The summed E-state index contributed by atoms with van der Waals surface area (Å²) < 4.78 is 0. The van der Waals surface area contributed by atoms with Crippen molar-refractivity contribution in [1.29, 1.82) is 0 Å². The average molecular weight is 327 g/mol. The molecular weight excluding hydrogens is 314 g/mol. The molecule has 0 atom stereocenters. The molecule has 6 nitrogen and oxygen atoms in total. The first-order valence-corrected chi connectivity index (χ1v) is 7.68. The minimum Gasteiger partial charge on any atom is -0.306 e. The zero-order valence-corrected chi connectivity index (χ0v) is 13.1. The minimum absolute atomic E-state index is 0.260. The molecule has 0 saturated heterocycles. The number of carbonyl (C=O) groups is 1. The summed E-state index contributed by atoms with van der Waals surface area (Å²) in [5.41, 5.74) is 2.98. The van der Waals surface area contributed by atoms with E-state index in [-0.39, 0.29) is 5.91 Å². The van der Waals surface area contributed by atoms with Crippen LogP contribution in [0.3, 0.4) is 0 Å². The molecule has 0 radical (unpaired) electrons. The molecule has 0 aromatic carbocycles. The number of fused-ring (bicyclic) bond motifs is 1. The van der Waals surface area contributed by atoms with Gasteiger partial charge in [-0.15, -0.1) is 0 Å². The Bertz CT molecular complexity index is 1030. The molecule has 6 heteroatoms. The van der Waals surface area contributed by atoms with E-state index < -0.39 is 0 Å². The number of carbonyl (C=O) groups excluding carboxylic acids is 1. The highest BCUT2D eigenvalue weighted by Crippen LogP contribution is 2.17. The van der Waals surface area contributed by atoms with Crippen molar-refractivity contribution in [3.8, 4) is 11.3 Å². The highest BCUT2D eigenvalue weighted by molar-refractivity contribution is 6.04. The topological polar surface area (TPSA) is 80.7 Å². The lowest BCUT2D eigenvalue weighted by molar-refractivity contribution is 0.102. The highest BCUT2D eigenvalue weighted by atomic mass is 16.1. The van der Waals surface area contributed by atoms with E-state index >= 15 is 0 Å². The largest absolute Gasteiger partial charge is 0.306 e. The van der Waals surface area contributed by atoms with Gasteiger partial charge in [-0.25, -0.2) is 4.98 Å². The molecule has 0 fully saturated rings. The maximum Gasteiger partial charge on any atom is 0.258 e. The molecule has 4 aromatic heterocycles. The van der Waals surface area contributed by atoms with Gasteiger partial charge in [0, 0.05) is 35.7 Å². The Morgan fingerprint density at radius 3 is 2.56 bits per heavy atom. The predicted octanol–water partition coefficient (Wildman–Crippen LogP) is 3.34. The molecule has 4 heterocycles. The fraction of sp³-hybridized carbons (Fsp3) is 0. The van der Waals surface area contributed by atoms with Gasteiger partial charge >= 0.3 is 0 Å². The molecule has 25 heavy (non-hydrogen) atoms. The summed E-state index contributed by atoms with van der Waals surface area (Å²) in [6, 6.07) is 12.8. The van der Waals surface area contributed by atoms with Gasteiger partial charge in [-0.3, -0.25) is 19.7 Å². The van der Waals surface area contributed by atoms with Crippen LogP contribution in [0.25, 0.3) is 22.2 Å². The van der Waals surface area contributed by atoms with E-state index in [1.54, 1.807) is 43.1 Å². The van der Waals surface area contributed by atoms with Crippen LogP contribution in [-0.4, -0.2) is 25.8 Å². The first kappa shape index (κ1) is 14.9. The Morgan fingerprint density at radius 1 is 0.880 bits per heavy atom. The van der Waals surface area contributed by atoms with E-state index in [4.69, 9.17) is 0 Å². The molecule has 0 unspecified atom stereocenters. The van der Waals surface area contributed by atoms with Crippen LogP contribution in [0.5, 0.6) is 0 Å². The van der Waals surface area contributed by atoms with Crippen LogP contribution in [0.15, 0.2) is 73.4 Å². The fourth-order valence-electron chi connectivity index (χ4n) is 2.45. The number of hydrogen-bond acceptors (Lipinski definition) is 5. The van der Waals surface area contributed by atoms with Crippen molar-refractivity contribution in [3.63, 3.8) is 0 Å². The molecule has 0 bridgehead atoms. The number of nitrogens with zero attached hydrogens (tertiary/aromatic N) is 4. The van der Waals surface area contributed by atoms with Crippen molar-refractivity contribution in [2.75, 3.05) is 5.32 Å². The normalized spacial score (nSPS) is 10.6. The summed E-state index contributed by atoms with van der Waals surface area (Å²) in [4.78, 5) is 29.1. The molecule has 4 aromatic rings. The summed E-state index contributed by atoms with van der Waals surface area (Å²) in [5, 5.41) is 3.70. The molecule has 1 amide bonds. The quantitative estimate of drug-likeness (QED) is 0.624. The molecule has 0 aliphatic carbocycles. The van der Waals surface area contributed by atoms with Gasteiger partial charge in [0.1, 0.15) is 5.82 Å². The third-order valence-electron chi connectivity index (χ3n) is 3.73. The van der Waals surface area contributed by atoms with Crippen molar-refractivity contribution in [2.45, 2.75) is 0 Å². The van der Waals surface area contributed by atoms with Crippen LogP contribution >= 0.6 is 0 Å². The number of aromatic nitrogens is 4. The van der Waals surface area contributed by atoms with E-state index in [9.17, 15) is 4.79 Å². The lowest BCUT2D eigenvalue weighted by Crippen LogP contribution is -2.13. The summed E-state index contributed by atoms with van der Waals surface area (Å²) in [6.45, 7) is 0. The number of pyridine rings is 4. The third-order valence-corrected chi connectivity index (χ3v) is 3.73. The maximum absolute atomic E-state index is 12.4. The van der Waals surface area contributed by atoms with Crippen LogP contribution in [0.1, 0.15) is 10.4 Å². The molecule has 0 aliphatic rings. The van der Waals surface area contributed by atoms with E-state index in [0.717, 1.165) is 22.2 Å². The van der Waals surface area contributed by atoms with Gasteiger partial charge in [0.25, 0.3) is 5.91 Å². The molecule has 0 aliphatic heterocycles. The zero-order valence-electron chi connectivity index (χ0n) is 13.1. The lowest BCUT2D eigenvalue weighted by atomic mass is 10.1. The standard InChI is InChI=1S/C19H13N5O/c25-19(24-18-10-14-2-1-7-21-17(14)12-23-18)15-3-4-16(22-11-15)13-5-8-20-9-6-13/h1-12H,(H,23,24,25). The van der Waals surface area contributed by atoms with E-state index in [1.807, 2.05) is 30.3 Å². The smallest absolute Gasteiger partial charge is 0.258 e. The van der Waals surface area contributed by atoms with Gasteiger partial charge in [0.05, 0.1) is 23.0 Å². The average Bonchev–Trinajstić information content (AvgIpc) is 2.69. The Balaban J connectivity index is 1.54. The molecule has 0 saturated carbocycles. The summed E-state index contributed by atoms with van der Waals surface area (Å²) in [7, 11) is 0. The second kappa shape index (κ2) is 6.45. The Morgan fingerprint density at radius 2 is 1.76 bits per heavy atom. The first-order valence-electron chi connectivity index (χ1n) is 7.68. The van der Waals surface area contributed by atoms with Crippen molar-refractivity contribution in [2.24, 2.45) is 0 Å². The van der Waals surface area contributed by atoms with Crippen molar-refractivity contribution >= 4 is 22.6 Å². The zero-order chi connectivity index (χ0) is 17.1. The lowest BCUT2D eigenvalue weighted by Gasteiger charge is -2.06. The number of nitrogens with one attached hydrogen (secondary N) is 1. The van der Waals surface area contributed by atoms with Gasteiger partial charge in [-0.1, -0.05) is 6.07 Å². The van der Waals surface area contributed by atoms with E-state index in [0.29, 0.717) is 11.4 Å². The van der Waals surface area contributed by atoms with Gasteiger partial charge in [-0.2, -0.15) is 0 Å². The van der Waals surface area contributed by atoms with Crippen molar-refractivity contribution in [3.05, 3.63) is 79.0 Å². The van der Waals surface area contributed by atoms with Crippen LogP contribution in [0.2, 0.25) is 0 Å². The Kier molecular flexibility index (Phi) is 3.84. The third kappa shape index (κ3) is 3.18. The van der Waals surface area contributed by atoms with Gasteiger partial charge in [0.2, 0.25) is 0 Å². The summed E-state index contributed by atoms with van der Waals surface area (Å²) in [6.07, 6.45) is 8.30. The Labute approximate surface area is 143 Å². The van der Waals surface area contributed by atoms with E-state index in [1.165, 1.54) is 0 Å². The van der Waals surface area contributed by atoms with Crippen LogP contribution < -0.4 is 5.32 Å². The molecule has 0 spiro atoms. The van der Waals surface area contributed by atoms with E-state index in [2.05, 4.69) is 25.3 Å². The number of rotatable bonds is 3. The number of anilines is 1. The van der Waals surface area contributed by atoms with Crippen molar-refractivity contribution < 1.29 is 4.79 Å². The summed E-state index contributed by atoms with van der Waals surface area (Å²) in [5.74, 6) is 0.216. The van der Waals surface area contributed by atoms with Crippen molar-refractivity contribution in [1.82, 2.24) is 19.9 Å². The van der Waals surface area contributed by atoms with Gasteiger partial charge in [0.15, 0.2) is 0 Å². The first-order chi connectivity index (χ1) is 12.3. The number of hydrogen-bond donors (Lipinski definition) is 1. The van der Waals surface area contributed by atoms with Gasteiger partial charge < -0.3 is 5.32 Å². The highest BCUT2D eigenvalue weighted by Gasteiger charge is 2.09. The molecule has 4 rings (SSSR count). The van der Waals surface area contributed by atoms with Crippen LogP contribution in [0, 0.1) is 0 Å². The molecular formula is C19H13N5O. The van der Waals surface area contributed by atoms with Crippen LogP contribution in [0.4, 0.5) is 5.82 Å². The SMILES string of the molecule is O=C(Nc1cc2cccnc2cn1)c1ccc(-c2ccncc2)nc1. The molecule has 1 N–H and O–H groups in total. The summed E-state index contributed by atoms with van der Waals surface area (Å²) >= 11 is 0. The predicted molar refractivity (Wildman–Crippen MR) is 95.0 cm³/mol. The maximum atomic E-state index is 12.4. The number of amides is 1. The van der Waals surface area contributed by atoms with Crippen LogP contribution in [-0.2, 0) is 0 Å². The fourth-order valence-corrected chi connectivity index (χ4v) is 2.45. The second-order valence-corrected chi connectivity index (χ2v) is 5.39. The minimum atomic E-state index is -0.260. The molecule has 120 valence electrons. The Hall–Kier alpha value is -3.67. The monoisotopic (exact) mass is 327 g/mol. The van der Waals surface area contributed by atoms with Gasteiger partial charge in [-0.05, 0) is 36.4 Å².